The fraction of sp³-hybridized carbons (Fsp3) is 0. The first kappa shape index (κ1) is 15.1. The number of carbonyl (C=O) groups excluding carboxylic acids is 1. The van der Waals surface area contributed by atoms with Crippen LogP contribution in [-0.4, -0.2) is 10.7 Å². The molecule has 0 saturated carbocycles. The second kappa shape index (κ2) is 6.41. The third-order valence-corrected chi connectivity index (χ3v) is 2.89. The highest BCUT2D eigenvalue weighted by molar-refractivity contribution is 6.14. The van der Waals surface area contributed by atoms with Gasteiger partial charge in [-0.05, 0) is 48.0 Å². The minimum atomic E-state index is -0.541. The quantitative estimate of drug-likeness (QED) is 0.284. The van der Waals surface area contributed by atoms with Gasteiger partial charge in [0.25, 0.3) is 5.69 Å². The largest absolute Gasteiger partial charge is 0.288 e. The van der Waals surface area contributed by atoms with Crippen LogP contribution in [0.25, 0.3) is 6.08 Å². The monoisotopic (exact) mass is 296 g/mol. The van der Waals surface area contributed by atoms with Gasteiger partial charge in [0.1, 0.15) is 17.5 Å². The molecule has 5 nitrogen and oxygen atoms in total. The Morgan fingerprint density at radius 2 is 1.73 bits per heavy atom. The first-order valence-corrected chi connectivity index (χ1v) is 6.18. The maximum absolute atomic E-state index is 12.8. The van der Waals surface area contributed by atoms with E-state index < -0.39 is 16.5 Å². The molecule has 0 aliphatic carbocycles. The fourth-order valence-electron chi connectivity index (χ4n) is 1.76. The molecule has 0 unspecified atom stereocenters. The number of ketones is 1. The summed E-state index contributed by atoms with van der Waals surface area (Å²) in [4.78, 5) is 22.2. The summed E-state index contributed by atoms with van der Waals surface area (Å²) in [5.74, 6) is -1.02. The van der Waals surface area contributed by atoms with Crippen molar-refractivity contribution in [2.24, 2.45) is 0 Å². The van der Waals surface area contributed by atoms with E-state index in [0.717, 1.165) is 12.1 Å². The van der Waals surface area contributed by atoms with Crippen molar-refractivity contribution >= 4 is 17.5 Å². The van der Waals surface area contributed by atoms with Crippen LogP contribution < -0.4 is 0 Å². The summed E-state index contributed by atoms with van der Waals surface area (Å²) in [6.07, 6.45) is 1.33. The van der Waals surface area contributed by atoms with Crippen molar-refractivity contribution < 1.29 is 14.1 Å². The van der Waals surface area contributed by atoms with Gasteiger partial charge >= 0.3 is 0 Å². The van der Waals surface area contributed by atoms with E-state index in [1.165, 1.54) is 42.5 Å². The van der Waals surface area contributed by atoms with E-state index in [9.17, 15) is 19.3 Å². The molecular formula is C16H9FN2O3. The van der Waals surface area contributed by atoms with Gasteiger partial charge in [-0.2, -0.15) is 5.26 Å². The van der Waals surface area contributed by atoms with E-state index in [0.29, 0.717) is 5.56 Å². The zero-order valence-electron chi connectivity index (χ0n) is 11.2. The Bertz CT molecular complexity index is 788. The number of nitrogens with zero attached hydrogens (tertiary/aromatic N) is 2. The van der Waals surface area contributed by atoms with E-state index in [1.807, 2.05) is 0 Å². The standard InChI is InChI=1S/C16H9FN2O3/c17-14-5-3-12(4-6-14)16(20)13(10-18)9-11-1-7-15(8-2-11)19(21)22/h1-9H/b13-9+. The lowest BCUT2D eigenvalue weighted by molar-refractivity contribution is -0.384. The van der Waals surface area contributed by atoms with Crippen molar-refractivity contribution in [3.8, 4) is 6.07 Å². The number of nitriles is 1. The van der Waals surface area contributed by atoms with Crippen LogP contribution in [0.4, 0.5) is 10.1 Å². The summed E-state index contributed by atoms with van der Waals surface area (Å²) in [7, 11) is 0. The molecule has 0 heterocycles. The minimum absolute atomic E-state index is 0.0829. The molecule has 0 amide bonds. The number of hydrogen-bond acceptors (Lipinski definition) is 4. The van der Waals surface area contributed by atoms with Crippen LogP contribution in [0.3, 0.4) is 0 Å². The molecule has 2 rings (SSSR count). The van der Waals surface area contributed by atoms with E-state index in [4.69, 9.17) is 5.26 Å². The van der Waals surface area contributed by atoms with Gasteiger partial charge in [-0.1, -0.05) is 0 Å². The molecule has 0 spiro atoms. The summed E-state index contributed by atoms with van der Waals surface area (Å²) in [5, 5.41) is 19.7. The van der Waals surface area contributed by atoms with Crippen molar-refractivity contribution in [2.45, 2.75) is 0 Å². The number of carbonyl (C=O) groups is 1. The Morgan fingerprint density at radius 3 is 2.23 bits per heavy atom. The Kier molecular flexibility index (Phi) is 4.39. The van der Waals surface area contributed by atoms with Crippen molar-refractivity contribution in [1.82, 2.24) is 0 Å². The molecule has 2 aromatic rings. The number of hydrogen-bond donors (Lipinski definition) is 0. The highest BCUT2D eigenvalue weighted by Crippen LogP contribution is 2.16. The topological polar surface area (TPSA) is 84.0 Å². The molecule has 0 aromatic heterocycles. The number of non-ortho nitro benzene ring substituents is 1. The van der Waals surface area contributed by atoms with Gasteiger partial charge in [0.2, 0.25) is 5.78 Å². The first-order chi connectivity index (χ1) is 10.5. The number of Topliss-reactive ketones (excluding diaryl/α,β-unsaturated/α-hetero) is 1. The van der Waals surface area contributed by atoms with E-state index in [2.05, 4.69) is 0 Å². The Balaban J connectivity index is 2.31. The maximum atomic E-state index is 12.8. The van der Waals surface area contributed by atoms with Gasteiger partial charge in [-0.15, -0.1) is 0 Å². The van der Waals surface area contributed by atoms with Gasteiger partial charge < -0.3 is 0 Å². The Hall–Kier alpha value is -3.33. The van der Waals surface area contributed by atoms with Gasteiger partial charge in [0, 0.05) is 17.7 Å². The Morgan fingerprint density at radius 1 is 1.14 bits per heavy atom. The second-order valence-electron chi connectivity index (χ2n) is 4.35. The van der Waals surface area contributed by atoms with Crippen LogP contribution >= 0.6 is 0 Å². The van der Waals surface area contributed by atoms with E-state index in [1.54, 1.807) is 6.07 Å². The van der Waals surface area contributed by atoms with Crippen LogP contribution in [0.5, 0.6) is 0 Å². The molecule has 0 N–H and O–H groups in total. The number of rotatable bonds is 4. The predicted octanol–water partition coefficient (Wildman–Crippen LogP) is 3.52. The highest BCUT2D eigenvalue weighted by Gasteiger charge is 2.12. The fourth-order valence-corrected chi connectivity index (χ4v) is 1.76. The van der Waals surface area contributed by atoms with Gasteiger partial charge in [-0.25, -0.2) is 4.39 Å². The van der Waals surface area contributed by atoms with Crippen molar-refractivity contribution in [3.63, 3.8) is 0 Å². The molecule has 2 aromatic carbocycles. The van der Waals surface area contributed by atoms with Crippen LogP contribution in [0.1, 0.15) is 15.9 Å². The zero-order chi connectivity index (χ0) is 16.1. The number of allylic oxidation sites excluding steroid dienone is 1. The summed E-state index contributed by atoms with van der Waals surface area (Å²) in [5.41, 5.74) is 0.453. The number of benzene rings is 2. The first-order valence-electron chi connectivity index (χ1n) is 6.18. The Labute approximate surface area is 125 Å². The van der Waals surface area contributed by atoms with E-state index in [-0.39, 0.29) is 16.8 Å². The molecule has 0 bridgehead atoms. The zero-order valence-corrected chi connectivity index (χ0v) is 11.2. The van der Waals surface area contributed by atoms with Crippen molar-refractivity contribution in [1.29, 1.82) is 5.26 Å². The maximum Gasteiger partial charge on any atom is 0.269 e. The predicted molar refractivity (Wildman–Crippen MR) is 77.4 cm³/mol. The van der Waals surface area contributed by atoms with Gasteiger partial charge in [0.05, 0.1) is 4.92 Å². The molecule has 6 heteroatoms. The third-order valence-electron chi connectivity index (χ3n) is 2.89. The summed E-state index contributed by atoms with van der Waals surface area (Å²) in [6.45, 7) is 0. The molecule has 0 saturated heterocycles. The number of halogens is 1. The second-order valence-corrected chi connectivity index (χ2v) is 4.35. The van der Waals surface area contributed by atoms with Crippen molar-refractivity contribution in [2.75, 3.05) is 0 Å². The lowest BCUT2D eigenvalue weighted by Crippen LogP contribution is -2.01. The summed E-state index contributed by atoms with van der Waals surface area (Å²) >= 11 is 0. The summed E-state index contributed by atoms with van der Waals surface area (Å²) < 4.78 is 12.8. The average Bonchev–Trinajstić information content (AvgIpc) is 2.53. The molecule has 0 aliphatic rings. The van der Waals surface area contributed by atoms with Crippen LogP contribution in [0.2, 0.25) is 0 Å². The summed E-state index contributed by atoms with van der Waals surface area (Å²) in [6, 6.07) is 12.1. The molecular weight excluding hydrogens is 287 g/mol. The highest BCUT2D eigenvalue weighted by atomic mass is 19.1. The van der Waals surface area contributed by atoms with Crippen LogP contribution in [0.15, 0.2) is 54.1 Å². The number of nitro groups is 1. The van der Waals surface area contributed by atoms with E-state index >= 15 is 0 Å². The normalized spacial score (nSPS) is 10.8. The molecule has 108 valence electrons. The SMILES string of the molecule is N#C/C(=C\c1ccc([N+](=O)[O-])cc1)C(=O)c1ccc(F)cc1. The van der Waals surface area contributed by atoms with Crippen LogP contribution in [0, 0.1) is 27.3 Å². The minimum Gasteiger partial charge on any atom is -0.288 e. The lowest BCUT2D eigenvalue weighted by Gasteiger charge is -2.00. The smallest absolute Gasteiger partial charge is 0.269 e. The van der Waals surface area contributed by atoms with Crippen molar-refractivity contribution in [3.05, 3.63) is 81.2 Å². The third kappa shape index (κ3) is 3.41. The molecule has 0 atom stereocenters. The lowest BCUT2D eigenvalue weighted by atomic mass is 10.0. The molecule has 0 radical (unpaired) electrons. The van der Waals surface area contributed by atoms with Crippen LogP contribution in [-0.2, 0) is 0 Å². The molecule has 22 heavy (non-hydrogen) atoms. The molecule has 0 fully saturated rings. The van der Waals surface area contributed by atoms with Gasteiger partial charge in [0.15, 0.2) is 0 Å². The van der Waals surface area contributed by atoms with Gasteiger partial charge in [-0.3, -0.25) is 14.9 Å². The molecule has 0 aliphatic heterocycles. The number of nitro benzene ring substituents is 1. The average molecular weight is 296 g/mol.